The van der Waals surface area contributed by atoms with Crippen LogP contribution in [-0.4, -0.2) is 0 Å². The van der Waals surface area contributed by atoms with Crippen molar-refractivity contribution in [2.75, 3.05) is 0 Å². The monoisotopic (exact) mass is 514 g/mol. The molecule has 0 N–H and O–H groups in total. The maximum absolute atomic E-state index is 2.61. The fraction of sp³-hybridized carbons (Fsp3) is 0.407. The first-order valence-electron chi connectivity index (χ1n) is 11.4. The lowest BCUT2D eigenvalue weighted by Gasteiger charge is -2.34. The molecule has 0 saturated heterocycles. The second-order valence-electron chi connectivity index (χ2n) is 10.7. The Labute approximate surface area is 209 Å². The first-order valence-corrected chi connectivity index (χ1v) is 16.3. The largest absolute Gasteiger partial charge is 0.139 e. The highest BCUT2D eigenvalue weighted by molar-refractivity contribution is 8.35. The van der Waals surface area contributed by atoms with Crippen LogP contribution in [0.25, 0.3) is 19.5 Å². The number of thiophene rings is 4. The normalized spacial score (nSPS) is 16.7. The molecule has 0 amide bonds. The fourth-order valence-electron chi connectivity index (χ4n) is 4.84. The van der Waals surface area contributed by atoms with Crippen molar-refractivity contribution in [1.29, 1.82) is 0 Å². The summed E-state index contributed by atoms with van der Waals surface area (Å²) in [5.41, 5.74) is 0.182. The van der Waals surface area contributed by atoms with E-state index in [9.17, 15) is 0 Å². The first-order chi connectivity index (χ1) is 15.0. The van der Waals surface area contributed by atoms with Crippen molar-refractivity contribution >= 4 is 55.4 Å². The molecular formula is C27H30S5. The first kappa shape index (κ1) is 21.7. The van der Waals surface area contributed by atoms with Gasteiger partial charge in [0.25, 0.3) is 0 Å². The Balaban J connectivity index is 1.76. The zero-order valence-corrected chi connectivity index (χ0v) is 24.1. The van der Waals surface area contributed by atoms with Crippen molar-refractivity contribution in [2.45, 2.75) is 92.2 Å². The summed E-state index contributed by atoms with van der Waals surface area (Å²) in [6, 6.07) is 10.3. The molecule has 0 saturated carbocycles. The molecule has 6 rings (SSSR count). The summed E-state index contributed by atoms with van der Waals surface area (Å²) in [7, 11) is -1.37. The molecule has 0 atom stereocenters. The maximum atomic E-state index is 2.61. The summed E-state index contributed by atoms with van der Waals surface area (Å²) < 4.78 is 0. The Morgan fingerprint density at radius 2 is 1.06 bits per heavy atom. The maximum Gasteiger partial charge on any atom is 0.0587 e. The number of hydrogen-bond donors (Lipinski definition) is 0. The lowest BCUT2D eigenvalue weighted by molar-refractivity contribution is 0.603. The van der Waals surface area contributed by atoms with Gasteiger partial charge in [-0.05, 0) is 48.4 Å². The van der Waals surface area contributed by atoms with Crippen molar-refractivity contribution < 1.29 is 0 Å². The smallest absolute Gasteiger partial charge is 0.0587 e. The van der Waals surface area contributed by atoms with Gasteiger partial charge in [0, 0.05) is 39.1 Å². The molecule has 32 heavy (non-hydrogen) atoms. The van der Waals surface area contributed by atoms with Gasteiger partial charge in [0.15, 0.2) is 0 Å². The van der Waals surface area contributed by atoms with Crippen LogP contribution in [0, 0.1) is 6.92 Å². The standard InChI is InChI=1S/C27H30S5/c1-13(2)16-10-19-24(29-16)25-20(11-17(30-25)14(3)4)32(19)18-9-15(5)28-23(18)26-21(32)12-22(31-26)27(6,7)8/h9-14H,1-8H3. The third-order valence-electron chi connectivity index (χ3n) is 6.56. The Morgan fingerprint density at radius 1 is 0.625 bits per heavy atom. The minimum atomic E-state index is -1.37. The summed E-state index contributed by atoms with van der Waals surface area (Å²) in [4.78, 5) is 18.9. The molecular weight excluding hydrogens is 485 g/mol. The van der Waals surface area contributed by atoms with Crippen LogP contribution in [-0.2, 0) is 5.41 Å². The molecule has 2 aliphatic heterocycles. The molecule has 5 heteroatoms. The van der Waals surface area contributed by atoms with E-state index in [1.807, 2.05) is 11.3 Å². The zero-order valence-electron chi connectivity index (χ0n) is 20.0. The molecule has 168 valence electrons. The topological polar surface area (TPSA) is 0 Å². The number of fused-ring (bicyclic) bond motifs is 10. The highest BCUT2D eigenvalue weighted by atomic mass is 32.3. The molecule has 0 unspecified atom stereocenters. The van der Waals surface area contributed by atoms with Gasteiger partial charge in [-0.15, -0.1) is 55.4 Å². The minimum Gasteiger partial charge on any atom is -0.139 e. The molecule has 4 aromatic rings. The zero-order chi connectivity index (χ0) is 22.7. The van der Waals surface area contributed by atoms with Crippen LogP contribution in [0.2, 0.25) is 0 Å². The quantitative estimate of drug-likeness (QED) is 0.215. The lowest BCUT2D eigenvalue weighted by Crippen LogP contribution is -2.08. The van der Waals surface area contributed by atoms with Crippen molar-refractivity contribution in [3.8, 4) is 19.5 Å². The van der Waals surface area contributed by atoms with E-state index in [-0.39, 0.29) is 5.41 Å². The van der Waals surface area contributed by atoms with Crippen LogP contribution in [0.15, 0.2) is 43.8 Å². The van der Waals surface area contributed by atoms with E-state index in [4.69, 9.17) is 0 Å². The van der Waals surface area contributed by atoms with E-state index in [0.29, 0.717) is 11.8 Å². The van der Waals surface area contributed by atoms with Gasteiger partial charge < -0.3 is 0 Å². The van der Waals surface area contributed by atoms with Gasteiger partial charge in [-0.2, -0.15) is 0 Å². The van der Waals surface area contributed by atoms with Crippen molar-refractivity contribution in [3.05, 3.63) is 43.8 Å². The van der Waals surface area contributed by atoms with Crippen molar-refractivity contribution in [2.24, 2.45) is 0 Å². The highest BCUT2D eigenvalue weighted by Gasteiger charge is 2.52. The average molecular weight is 515 g/mol. The molecule has 0 aliphatic carbocycles. The molecule has 0 aromatic carbocycles. The van der Waals surface area contributed by atoms with Gasteiger partial charge in [0.05, 0.1) is 19.5 Å². The summed E-state index contributed by atoms with van der Waals surface area (Å²) in [6.07, 6.45) is 0. The van der Waals surface area contributed by atoms with Crippen LogP contribution in [0.5, 0.6) is 0 Å². The number of aryl methyl sites for hydroxylation is 1. The molecule has 6 heterocycles. The summed E-state index contributed by atoms with van der Waals surface area (Å²) >= 11 is 8.21. The van der Waals surface area contributed by atoms with Gasteiger partial charge in [0.1, 0.15) is 0 Å². The highest BCUT2D eigenvalue weighted by Crippen LogP contribution is 2.88. The number of hydrogen-bond acceptors (Lipinski definition) is 4. The van der Waals surface area contributed by atoms with Crippen molar-refractivity contribution in [1.82, 2.24) is 0 Å². The van der Waals surface area contributed by atoms with Crippen LogP contribution >= 0.6 is 55.4 Å². The van der Waals surface area contributed by atoms with Gasteiger partial charge in [0.2, 0.25) is 0 Å². The summed E-state index contributed by atoms with van der Waals surface area (Å²) in [6.45, 7) is 18.8. The van der Waals surface area contributed by atoms with E-state index >= 15 is 0 Å². The Morgan fingerprint density at radius 3 is 1.56 bits per heavy atom. The van der Waals surface area contributed by atoms with E-state index in [2.05, 4.69) is 114 Å². The van der Waals surface area contributed by atoms with Crippen LogP contribution < -0.4 is 0 Å². The lowest BCUT2D eigenvalue weighted by atomic mass is 9.95. The third-order valence-corrected chi connectivity index (χ3v) is 16.8. The molecule has 0 radical (unpaired) electrons. The Kier molecular flexibility index (Phi) is 4.64. The van der Waals surface area contributed by atoms with E-state index in [0.717, 1.165) is 0 Å². The van der Waals surface area contributed by atoms with Gasteiger partial charge in [-0.25, -0.2) is 0 Å². The van der Waals surface area contributed by atoms with Gasteiger partial charge in [-0.3, -0.25) is 0 Å². The SMILES string of the molecule is Cc1cc2c(s1)-c1sc(C(C)(C)C)cc1S21c2cc(C(C)C)sc2-c2sc(C(C)C)cc21. The van der Waals surface area contributed by atoms with Gasteiger partial charge >= 0.3 is 0 Å². The van der Waals surface area contributed by atoms with Gasteiger partial charge in [-0.1, -0.05) is 48.5 Å². The minimum absolute atomic E-state index is 0.182. The van der Waals surface area contributed by atoms with Crippen LogP contribution in [0.3, 0.4) is 0 Å². The predicted octanol–water partition coefficient (Wildman–Crippen LogP) is 11.1. The average Bonchev–Trinajstić information content (AvgIpc) is 3.47. The molecule has 0 bridgehead atoms. The Bertz CT molecular complexity index is 1320. The second kappa shape index (κ2) is 6.85. The Hall–Kier alpha value is -0.850. The van der Waals surface area contributed by atoms with Crippen LogP contribution in [0.1, 0.15) is 79.8 Å². The van der Waals surface area contributed by atoms with Crippen molar-refractivity contribution in [3.63, 3.8) is 0 Å². The molecule has 2 aliphatic rings. The van der Waals surface area contributed by atoms with Crippen LogP contribution in [0.4, 0.5) is 0 Å². The fourth-order valence-corrected chi connectivity index (χ4v) is 16.0. The summed E-state index contributed by atoms with van der Waals surface area (Å²) in [5.74, 6) is 1.15. The predicted molar refractivity (Wildman–Crippen MR) is 148 cm³/mol. The van der Waals surface area contributed by atoms with E-state index in [1.54, 1.807) is 48.8 Å². The molecule has 0 fully saturated rings. The number of rotatable bonds is 2. The third kappa shape index (κ3) is 2.66. The molecule has 0 nitrogen and oxygen atoms in total. The van der Waals surface area contributed by atoms with E-state index < -0.39 is 10.0 Å². The molecule has 4 aromatic heterocycles. The van der Waals surface area contributed by atoms with E-state index in [1.165, 1.54) is 9.75 Å². The second-order valence-corrected chi connectivity index (χ2v) is 18.2. The summed E-state index contributed by atoms with van der Waals surface area (Å²) in [5, 5.41) is 0. The molecule has 1 spiro atoms.